The third-order valence-electron chi connectivity index (χ3n) is 2.81. The highest BCUT2D eigenvalue weighted by molar-refractivity contribution is 5.97. The molecule has 0 bridgehead atoms. The van der Waals surface area contributed by atoms with Crippen LogP contribution in [0, 0.1) is 6.92 Å². The lowest BCUT2D eigenvalue weighted by molar-refractivity contribution is 0.0735. The maximum absolute atomic E-state index is 12.0. The summed E-state index contributed by atoms with van der Waals surface area (Å²) >= 11 is 0. The molecule has 0 saturated heterocycles. The van der Waals surface area contributed by atoms with Gasteiger partial charge in [-0.3, -0.25) is 0 Å². The SMILES string of the molecule is COc1ccc(OC(=O)c2cccc(C)c2N)cc1. The molecule has 0 radical (unpaired) electrons. The molecular weight excluding hydrogens is 242 g/mol. The summed E-state index contributed by atoms with van der Waals surface area (Å²) in [4.78, 5) is 12.0. The van der Waals surface area contributed by atoms with Crippen molar-refractivity contribution in [1.82, 2.24) is 0 Å². The van der Waals surface area contributed by atoms with Crippen LogP contribution in [0.15, 0.2) is 42.5 Å². The first kappa shape index (κ1) is 13.0. The molecule has 2 aromatic rings. The Morgan fingerprint density at radius 1 is 1.05 bits per heavy atom. The number of hydrogen-bond donors (Lipinski definition) is 1. The Labute approximate surface area is 111 Å². The van der Waals surface area contributed by atoms with Gasteiger partial charge in [0.25, 0.3) is 0 Å². The van der Waals surface area contributed by atoms with Crippen LogP contribution in [0.2, 0.25) is 0 Å². The Balaban J connectivity index is 2.18. The third kappa shape index (κ3) is 2.85. The van der Waals surface area contributed by atoms with Gasteiger partial charge in [0.05, 0.1) is 12.7 Å². The number of esters is 1. The molecule has 2 N–H and O–H groups in total. The van der Waals surface area contributed by atoms with Crippen molar-refractivity contribution in [2.24, 2.45) is 0 Å². The smallest absolute Gasteiger partial charge is 0.345 e. The summed E-state index contributed by atoms with van der Waals surface area (Å²) in [5.74, 6) is 0.688. The second kappa shape index (κ2) is 5.44. The van der Waals surface area contributed by atoms with Crippen LogP contribution < -0.4 is 15.2 Å². The Kier molecular flexibility index (Phi) is 3.71. The molecule has 0 atom stereocenters. The van der Waals surface area contributed by atoms with E-state index in [1.54, 1.807) is 43.5 Å². The summed E-state index contributed by atoms with van der Waals surface area (Å²) in [5, 5.41) is 0. The van der Waals surface area contributed by atoms with E-state index in [0.717, 1.165) is 5.56 Å². The normalized spacial score (nSPS) is 10.0. The molecule has 0 aliphatic heterocycles. The quantitative estimate of drug-likeness (QED) is 0.522. The van der Waals surface area contributed by atoms with Gasteiger partial charge in [-0.1, -0.05) is 12.1 Å². The fourth-order valence-electron chi connectivity index (χ4n) is 1.66. The zero-order chi connectivity index (χ0) is 13.8. The van der Waals surface area contributed by atoms with Crippen LogP contribution in [-0.2, 0) is 0 Å². The van der Waals surface area contributed by atoms with Gasteiger partial charge in [0.1, 0.15) is 11.5 Å². The second-order valence-electron chi connectivity index (χ2n) is 4.10. The molecule has 0 aliphatic rings. The number of hydrogen-bond acceptors (Lipinski definition) is 4. The van der Waals surface area contributed by atoms with Crippen molar-refractivity contribution in [3.8, 4) is 11.5 Å². The Hall–Kier alpha value is -2.49. The van der Waals surface area contributed by atoms with Gasteiger partial charge < -0.3 is 15.2 Å². The summed E-state index contributed by atoms with van der Waals surface area (Å²) in [6, 6.07) is 12.1. The molecule has 98 valence electrons. The van der Waals surface area contributed by atoms with E-state index in [9.17, 15) is 4.79 Å². The Morgan fingerprint density at radius 2 is 1.68 bits per heavy atom. The van der Waals surface area contributed by atoms with Crippen LogP contribution >= 0.6 is 0 Å². The van der Waals surface area contributed by atoms with Crippen molar-refractivity contribution in [2.45, 2.75) is 6.92 Å². The second-order valence-corrected chi connectivity index (χ2v) is 4.10. The van der Waals surface area contributed by atoms with Gasteiger partial charge in [-0.25, -0.2) is 4.79 Å². The lowest BCUT2D eigenvalue weighted by Gasteiger charge is -2.08. The van der Waals surface area contributed by atoms with Gasteiger partial charge in [-0.05, 0) is 42.8 Å². The van der Waals surface area contributed by atoms with Gasteiger partial charge in [-0.15, -0.1) is 0 Å². The topological polar surface area (TPSA) is 61.5 Å². The van der Waals surface area contributed by atoms with Gasteiger partial charge in [0.15, 0.2) is 0 Å². The summed E-state index contributed by atoms with van der Waals surface area (Å²) < 4.78 is 10.3. The van der Waals surface area contributed by atoms with Crippen molar-refractivity contribution in [1.29, 1.82) is 0 Å². The largest absolute Gasteiger partial charge is 0.497 e. The van der Waals surface area contributed by atoms with Crippen LogP contribution in [-0.4, -0.2) is 13.1 Å². The first-order chi connectivity index (χ1) is 9.11. The number of benzene rings is 2. The van der Waals surface area contributed by atoms with E-state index in [1.165, 1.54) is 0 Å². The average molecular weight is 257 g/mol. The van der Waals surface area contributed by atoms with Crippen molar-refractivity contribution in [2.75, 3.05) is 12.8 Å². The van der Waals surface area contributed by atoms with Crippen molar-refractivity contribution in [3.05, 3.63) is 53.6 Å². The Bertz CT molecular complexity index is 591. The highest BCUT2D eigenvalue weighted by Crippen LogP contribution is 2.21. The number of anilines is 1. The van der Waals surface area contributed by atoms with E-state index in [-0.39, 0.29) is 0 Å². The van der Waals surface area contributed by atoms with E-state index in [2.05, 4.69) is 0 Å². The average Bonchev–Trinajstić information content (AvgIpc) is 2.42. The maximum Gasteiger partial charge on any atom is 0.345 e. The van der Waals surface area contributed by atoms with Crippen molar-refractivity contribution < 1.29 is 14.3 Å². The molecule has 4 heteroatoms. The molecule has 0 heterocycles. The molecule has 0 fully saturated rings. The van der Waals surface area contributed by atoms with Gasteiger partial charge in [0, 0.05) is 5.69 Å². The molecule has 0 aliphatic carbocycles. The number of nitrogen functional groups attached to an aromatic ring is 1. The molecule has 0 saturated carbocycles. The third-order valence-corrected chi connectivity index (χ3v) is 2.81. The number of carbonyl (C=O) groups excluding carboxylic acids is 1. The lowest BCUT2D eigenvalue weighted by Crippen LogP contribution is -2.11. The Morgan fingerprint density at radius 3 is 2.32 bits per heavy atom. The highest BCUT2D eigenvalue weighted by atomic mass is 16.5. The van der Waals surface area contributed by atoms with Crippen LogP contribution in [0.25, 0.3) is 0 Å². The number of nitrogens with two attached hydrogens (primary N) is 1. The summed E-state index contributed by atoms with van der Waals surface area (Å²) in [5.41, 5.74) is 7.53. The van der Waals surface area contributed by atoms with Crippen molar-refractivity contribution in [3.63, 3.8) is 0 Å². The summed E-state index contributed by atoms with van der Waals surface area (Å²) in [6.07, 6.45) is 0. The minimum Gasteiger partial charge on any atom is -0.497 e. The standard InChI is InChI=1S/C15H15NO3/c1-10-4-3-5-13(14(10)16)15(17)19-12-8-6-11(18-2)7-9-12/h3-9H,16H2,1-2H3. The molecule has 0 aromatic heterocycles. The van der Waals surface area contributed by atoms with E-state index < -0.39 is 5.97 Å². The van der Waals surface area contributed by atoms with Crippen LogP contribution in [0.3, 0.4) is 0 Å². The fourth-order valence-corrected chi connectivity index (χ4v) is 1.66. The number of rotatable bonds is 3. The predicted molar refractivity (Wildman–Crippen MR) is 73.5 cm³/mol. The first-order valence-electron chi connectivity index (χ1n) is 5.83. The fraction of sp³-hybridized carbons (Fsp3) is 0.133. The molecule has 2 rings (SSSR count). The van der Waals surface area contributed by atoms with Crippen LogP contribution in [0.5, 0.6) is 11.5 Å². The number of aryl methyl sites for hydroxylation is 1. The van der Waals surface area contributed by atoms with Gasteiger partial charge in [0.2, 0.25) is 0 Å². The molecular formula is C15H15NO3. The van der Waals surface area contributed by atoms with Crippen LogP contribution in [0.4, 0.5) is 5.69 Å². The summed E-state index contributed by atoms with van der Waals surface area (Å²) in [6.45, 7) is 1.85. The van der Waals surface area contributed by atoms with E-state index in [0.29, 0.717) is 22.7 Å². The van der Waals surface area contributed by atoms with Crippen LogP contribution in [0.1, 0.15) is 15.9 Å². The molecule has 4 nitrogen and oxygen atoms in total. The number of para-hydroxylation sites is 1. The zero-order valence-electron chi connectivity index (χ0n) is 10.8. The van der Waals surface area contributed by atoms with E-state index in [1.807, 2.05) is 13.0 Å². The van der Waals surface area contributed by atoms with E-state index >= 15 is 0 Å². The lowest BCUT2D eigenvalue weighted by atomic mass is 10.1. The highest BCUT2D eigenvalue weighted by Gasteiger charge is 2.13. The number of carbonyl (C=O) groups is 1. The van der Waals surface area contributed by atoms with Crippen molar-refractivity contribution >= 4 is 11.7 Å². The molecule has 0 amide bonds. The zero-order valence-corrected chi connectivity index (χ0v) is 10.8. The minimum atomic E-state index is -0.466. The molecule has 2 aromatic carbocycles. The predicted octanol–water partition coefficient (Wildman–Crippen LogP) is 2.81. The maximum atomic E-state index is 12.0. The number of methoxy groups -OCH3 is 1. The minimum absolute atomic E-state index is 0.371. The molecule has 19 heavy (non-hydrogen) atoms. The summed E-state index contributed by atoms with van der Waals surface area (Å²) in [7, 11) is 1.58. The van der Waals surface area contributed by atoms with E-state index in [4.69, 9.17) is 15.2 Å². The van der Waals surface area contributed by atoms with Gasteiger partial charge >= 0.3 is 5.97 Å². The molecule has 0 spiro atoms. The first-order valence-corrected chi connectivity index (χ1v) is 5.83. The molecule has 0 unspecified atom stereocenters. The van der Waals surface area contributed by atoms with Gasteiger partial charge in [-0.2, -0.15) is 0 Å². The number of ether oxygens (including phenoxy) is 2. The monoisotopic (exact) mass is 257 g/mol.